The maximum Gasteiger partial charge on any atom is 0.469 e. The van der Waals surface area contributed by atoms with Gasteiger partial charge in [0.25, 0.3) is 0 Å². The molecule has 188 valence electrons. The summed E-state index contributed by atoms with van der Waals surface area (Å²) in [5.74, 6) is -1.09. The Morgan fingerprint density at radius 3 is 1.91 bits per heavy atom. The van der Waals surface area contributed by atoms with Gasteiger partial charge < -0.3 is 19.3 Å². The molecule has 0 unspecified atom stereocenters. The third-order valence-corrected chi connectivity index (χ3v) is 5.32. The fraction of sp³-hybridized carbons (Fsp3) is 0.826. The Morgan fingerprint density at radius 1 is 0.844 bits per heavy atom. The summed E-state index contributed by atoms with van der Waals surface area (Å²) >= 11 is 0. The van der Waals surface area contributed by atoms with E-state index in [1.165, 1.54) is 44.9 Å². The van der Waals surface area contributed by atoms with Crippen LogP contribution in [0.1, 0.15) is 104 Å². The summed E-state index contributed by atoms with van der Waals surface area (Å²) in [6.07, 6.45) is 19.0. The Balaban J connectivity index is 3.66. The number of esters is 2. The van der Waals surface area contributed by atoms with Crippen molar-refractivity contribution in [1.29, 1.82) is 0 Å². The SMILES string of the molecule is CCCCCCCC/C=C\CCCCCCCC(=O)OC[C@H](COP(=O)(O)O)OC(C)=O. The summed E-state index contributed by atoms with van der Waals surface area (Å²) < 4.78 is 24.9. The molecule has 0 aromatic heterocycles. The molecule has 0 aliphatic carbocycles. The van der Waals surface area contributed by atoms with Gasteiger partial charge >= 0.3 is 19.8 Å². The van der Waals surface area contributed by atoms with Crippen molar-refractivity contribution in [3.05, 3.63) is 12.2 Å². The number of hydrogen-bond acceptors (Lipinski definition) is 6. The van der Waals surface area contributed by atoms with Gasteiger partial charge in [-0.25, -0.2) is 4.57 Å². The fourth-order valence-electron chi connectivity index (χ4n) is 3.13. The normalized spacial score (nSPS) is 12.8. The first-order valence-corrected chi connectivity index (χ1v) is 13.5. The third-order valence-electron chi connectivity index (χ3n) is 4.83. The van der Waals surface area contributed by atoms with Crippen molar-refractivity contribution in [3.63, 3.8) is 0 Å². The highest BCUT2D eigenvalue weighted by Crippen LogP contribution is 2.35. The minimum Gasteiger partial charge on any atom is -0.462 e. The Morgan fingerprint density at radius 2 is 1.38 bits per heavy atom. The molecule has 0 bridgehead atoms. The van der Waals surface area contributed by atoms with E-state index in [1.54, 1.807) is 0 Å². The van der Waals surface area contributed by atoms with Crippen molar-refractivity contribution < 1.29 is 37.9 Å². The van der Waals surface area contributed by atoms with Crippen LogP contribution < -0.4 is 0 Å². The molecule has 9 heteroatoms. The van der Waals surface area contributed by atoms with Crippen LogP contribution in [-0.2, 0) is 28.2 Å². The highest BCUT2D eigenvalue weighted by molar-refractivity contribution is 7.46. The lowest BCUT2D eigenvalue weighted by Crippen LogP contribution is -2.28. The quantitative estimate of drug-likeness (QED) is 0.0946. The molecule has 0 aromatic rings. The molecule has 0 heterocycles. The number of phosphoric acid groups is 1. The van der Waals surface area contributed by atoms with E-state index < -0.39 is 32.5 Å². The number of phosphoric ester groups is 1. The number of rotatable bonds is 21. The van der Waals surface area contributed by atoms with Crippen molar-refractivity contribution in [3.8, 4) is 0 Å². The van der Waals surface area contributed by atoms with Crippen molar-refractivity contribution in [2.75, 3.05) is 13.2 Å². The van der Waals surface area contributed by atoms with E-state index >= 15 is 0 Å². The molecule has 0 saturated heterocycles. The smallest absolute Gasteiger partial charge is 0.462 e. The molecule has 0 aliphatic heterocycles. The van der Waals surface area contributed by atoms with Crippen LogP contribution in [-0.4, -0.2) is 41.0 Å². The highest BCUT2D eigenvalue weighted by Gasteiger charge is 2.21. The van der Waals surface area contributed by atoms with Gasteiger partial charge in [0.1, 0.15) is 6.61 Å². The van der Waals surface area contributed by atoms with E-state index in [4.69, 9.17) is 19.3 Å². The molecule has 0 rings (SSSR count). The summed E-state index contributed by atoms with van der Waals surface area (Å²) in [6, 6.07) is 0. The number of hydrogen-bond donors (Lipinski definition) is 2. The molecule has 32 heavy (non-hydrogen) atoms. The largest absolute Gasteiger partial charge is 0.469 e. The van der Waals surface area contributed by atoms with Gasteiger partial charge in [-0.2, -0.15) is 0 Å². The van der Waals surface area contributed by atoms with E-state index in [0.29, 0.717) is 6.42 Å². The molecule has 0 amide bonds. The fourth-order valence-corrected chi connectivity index (χ4v) is 3.49. The van der Waals surface area contributed by atoms with Crippen molar-refractivity contribution in [2.45, 2.75) is 110 Å². The molecular formula is C23H43O8P. The third kappa shape index (κ3) is 23.5. The van der Waals surface area contributed by atoms with Crippen LogP contribution in [0.3, 0.4) is 0 Å². The molecule has 0 aromatic carbocycles. The van der Waals surface area contributed by atoms with E-state index in [9.17, 15) is 14.2 Å². The number of carbonyl (C=O) groups is 2. The van der Waals surface area contributed by atoms with E-state index in [1.807, 2.05) is 0 Å². The first-order chi connectivity index (χ1) is 15.2. The van der Waals surface area contributed by atoms with Gasteiger partial charge in [-0.15, -0.1) is 0 Å². The average Bonchev–Trinajstić information content (AvgIpc) is 2.72. The Kier molecular flexibility index (Phi) is 19.6. The molecule has 0 aliphatic rings. The second kappa shape index (κ2) is 20.4. The Hall–Kier alpha value is -1.21. The molecule has 2 N–H and O–H groups in total. The molecule has 0 saturated carbocycles. The standard InChI is InChI=1S/C23H43O8P/c1-3-4-5-6-7-8-9-10-11-12-13-14-15-16-17-18-23(25)29-19-22(31-21(2)24)20-30-32(26,27)28/h10-11,22H,3-9,12-20H2,1-2H3,(H2,26,27,28)/b11-10-/t22-/m1/s1. The zero-order chi connectivity index (χ0) is 24.1. The molecule has 0 spiro atoms. The summed E-state index contributed by atoms with van der Waals surface area (Å²) in [7, 11) is -4.69. The van der Waals surface area contributed by atoms with Crippen LogP contribution >= 0.6 is 7.82 Å². The van der Waals surface area contributed by atoms with Crippen molar-refractivity contribution in [2.24, 2.45) is 0 Å². The van der Waals surface area contributed by atoms with Gasteiger partial charge in [-0.3, -0.25) is 14.1 Å². The zero-order valence-electron chi connectivity index (χ0n) is 19.8. The number of unbranched alkanes of at least 4 members (excludes halogenated alkanes) is 11. The van der Waals surface area contributed by atoms with Gasteiger partial charge in [-0.05, 0) is 32.1 Å². The molecule has 0 fully saturated rings. The molecule has 0 radical (unpaired) electrons. The maximum absolute atomic E-state index is 11.8. The van der Waals surface area contributed by atoms with Crippen molar-refractivity contribution >= 4 is 19.8 Å². The predicted octanol–water partition coefficient (Wildman–Crippen LogP) is 5.61. The number of ether oxygens (including phenoxy) is 2. The molecule has 1 atom stereocenters. The van der Waals surface area contributed by atoms with Crippen LogP contribution in [0.25, 0.3) is 0 Å². The first-order valence-electron chi connectivity index (χ1n) is 11.9. The van der Waals surface area contributed by atoms with Gasteiger partial charge in [0.05, 0.1) is 6.61 Å². The second-order valence-electron chi connectivity index (χ2n) is 8.04. The Bertz CT molecular complexity index is 558. The lowest BCUT2D eigenvalue weighted by molar-refractivity contribution is -0.159. The summed E-state index contributed by atoms with van der Waals surface area (Å²) in [6.45, 7) is 2.53. The zero-order valence-corrected chi connectivity index (χ0v) is 20.7. The van der Waals surface area contributed by atoms with Gasteiger partial charge in [-0.1, -0.05) is 70.4 Å². The topological polar surface area (TPSA) is 119 Å². The number of carbonyl (C=O) groups excluding carboxylic acids is 2. The van der Waals surface area contributed by atoms with Crippen molar-refractivity contribution in [1.82, 2.24) is 0 Å². The van der Waals surface area contributed by atoms with E-state index in [0.717, 1.165) is 39.0 Å². The lowest BCUT2D eigenvalue weighted by Gasteiger charge is -2.17. The van der Waals surface area contributed by atoms with Crippen LogP contribution in [0.5, 0.6) is 0 Å². The molecule has 8 nitrogen and oxygen atoms in total. The maximum atomic E-state index is 11.8. The van der Waals surface area contributed by atoms with E-state index in [2.05, 4.69) is 23.6 Å². The van der Waals surface area contributed by atoms with Crippen LogP contribution in [0.15, 0.2) is 12.2 Å². The Labute approximate surface area is 193 Å². The minimum absolute atomic E-state index is 0.254. The average molecular weight is 479 g/mol. The highest BCUT2D eigenvalue weighted by atomic mass is 31.2. The first kappa shape index (κ1) is 30.8. The van der Waals surface area contributed by atoms with E-state index in [-0.39, 0.29) is 13.0 Å². The second-order valence-corrected chi connectivity index (χ2v) is 9.27. The summed E-state index contributed by atoms with van der Waals surface area (Å²) in [5, 5.41) is 0. The van der Waals surface area contributed by atoms with Crippen LogP contribution in [0, 0.1) is 0 Å². The molecular weight excluding hydrogens is 435 g/mol. The van der Waals surface area contributed by atoms with Crippen LogP contribution in [0.2, 0.25) is 0 Å². The monoisotopic (exact) mass is 478 g/mol. The summed E-state index contributed by atoms with van der Waals surface area (Å²) in [5.41, 5.74) is 0. The number of allylic oxidation sites excluding steroid dienone is 2. The predicted molar refractivity (Wildman–Crippen MR) is 124 cm³/mol. The van der Waals surface area contributed by atoms with Gasteiger partial charge in [0, 0.05) is 13.3 Å². The van der Waals surface area contributed by atoms with Crippen LogP contribution in [0.4, 0.5) is 0 Å². The minimum atomic E-state index is -4.69. The van der Waals surface area contributed by atoms with Gasteiger partial charge in [0.15, 0.2) is 6.10 Å². The summed E-state index contributed by atoms with van der Waals surface area (Å²) in [4.78, 5) is 40.3. The van der Waals surface area contributed by atoms with Gasteiger partial charge in [0.2, 0.25) is 0 Å². The lowest BCUT2D eigenvalue weighted by atomic mass is 10.1.